The lowest BCUT2D eigenvalue weighted by Gasteiger charge is -2.29. The van der Waals surface area contributed by atoms with Gasteiger partial charge in [0.25, 0.3) is 0 Å². The van der Waals surface area contributed by atoms with Crippen LogP contribution in [0.25, 0.3) is 0 Å². The van der Waals surface area contributed by atoms with Crippen LogP contribution < -0.4 is 5.32 Å². The van der Waals surface area contributed by atoms with Crippen LogP contribution in [0.2, 0.25) is 0 Å². The van der Waals surface area contributed by atoms with Crippen molar-refractivity contribution in [1.82, 2.24) is 0 Å². The number of anilines is 1. The Morgan fingerprint density at radius 1 is 1.27 bits per heavy atom. The van der Waals surface area contributed by atoms with Gasteiger partial charge in [0.1, 0.15) is 0 Å². The van der Waals surface area contributed by atoms with Gasteiger partial charge in [-0.25, -0.2) is 0 Å². The van der Waals surface area contributed by atoms with Crippen molar-refractivity contribution in [3.63, 3.8) is 0 Å². The monoisotopic (exact) mass is 267 g/mol. The average Bonchev–Trinajstić information content (AvgIpc) is 2.17. The summed E-state index contributed by atoms with van der Waals surface area (Å²) in [6.45, 7) is 6.10. The third-order valence-corrected chi connectivity index (χ3v) is 3.69. The quantitative estimate of drug-likeness (QED) is 0.767. The fourth-order valence-corrected chi connectivity index (χ4v) is 2.62. The SMILES string of the molecule is Cc1cc(Br)cc2c1NC(=O)C(C)C2C. The molecule has 15 heavy (non-hydrogen) atoms. The Kier molecular flexibility index (Phi) is 2.59. The number of hydrogen-bond donors (Lipinski definition) is 1. The summed E-state index contributed by atoms with van der Waals surface area (Å²) in [7, 11) is 0. The van der Waals surface area contributed by atoms with Gasteiger partial charge in [0.05, 0.1) is 0 Å². The highest BCUT2D eigenvalue weighted by Gasteiger charge is 2.30. The van der Waals surface area contributed by atoms with E-state index in [0.717, 1.165) is 15.7 Å². The number of amides is 1. The van der Waals surface area contributed by atoms with Crippen LogP contribution in [-0.4, -0.2) is 5.91 Å². The van der Waals surface area contributed by atoms with E-state index in [1.807, 2.05) is 19.9 Å². The molecule has 1 amide bonds. The Morgan fingerprint density at radius 2 is 1.93 bits per heavy atom. The molecular formula is C12H14BrNO. The lowest BCUT2D eigenvalue weighted by Crippen LogP contribution is -2.30. The normalized spacial score (nSPS) is 24.7. The van der Waals surface area contributed by atoms with Crippen molar-refractivity contribution in [2.45, 2.75) is 26.7 Å². The first-order valence-corrected chi connectivity index (χ1v) is 5.91. The van der Waals surface area contributed by atoms with E-state index in [-0.39, 0.29) is 17.7 Å². The van der Waals surface area contributed by atoms with Crippen LogP contribution >= 0.6 is 15.9 Å². The van der Waals surface area contributed by atoms with Gasteiger partial charge in [0.15, 0.2) is 0 Å². The number of fused-ring (bicyclic) bond motifs is 1. The minimum atomic E-state index is 0.0474. The summed E-state index contributed by atoms with van der Waals surface area (Å²) in [5.41, 5.74) is 3.34. The van der Waals surface area contributed by atoms with Crippen molar-refractivity contribution < 1.29 is 4.79 Å². The third-order valence-electron chi connectivity index (χ3n) is 3.23. The van der Waals surface area contributed by atoms with Gasteiger partial charge in [0, 0.05) is 16.1 Å². The van der Waals surface area contributed by atoms with Crippen LogP contribution in [0.15, 0.2) is 16.6 Å². The minimum absolute atomic E-state index is 0.0474. The fourth-order valence-electron chi connectivity index (χ4n) is 2.03. The molecule has 2 atom stereocenters. The first kappa shape index (κ1) is 10.7. The molecule has 1 aliphatic heterocycles. The van der Waals surface area contributed by atoms with Gasteiger partial charge in [-0.3, -0.25) is 4.79 Å². The van der Waals surface area contributed by atoms with E-state index in [4.69, 9.17) is 0 Å². The molecule has 0 aromatic heterocycles. The van der Waals surface area contributed by atoms with Crippen molar-refractivity contribution in [2.75, 3.05) is 5.32 Å². The molecule has 0 saturated carbocycles. The number of carbonyl (C=O) groups is 1. The summed E-state index contributed by atoms with van der Waals surface area (Å²) < 4.78 is 1.08. The first-order chi connectivity index (χ1) is 7.00. The molecule has 80 valence electrons. The van der Waals surface area contributed by atoms with Crippen LogP contribution in [0.5, 0.6) is 0 Å². The Bertz CT molecular complexity index is 428. The number of carbonyl (C=O) groups excluding carboxylic acids is 1. The molecule has 2 nitrogen and oxygen atoms in total. The summed E-state index contributed by atoms with van der Waals surface area (Å²) >= 11 is 3.49. The Balaban J connectivity index is 2.60. The zero-order chi connectivity index (χ0) is 11.2. The van der Waals surface area contributed by atoms with Gasteiger partial charge in [-0.05, 0) is 36.1 Å². The lowest BCUT2D eigenvalue weighted by atomic mass is 9.83. The van der Waals surface area contributed by atoms with E-state index in [0.29, 0.717) is 0 Å². The molecule has 2 rings (SSSR count). The highest BCUT2D eigenvalue weighted by molar-refractivity contribution is 9.10. The van der Waals surface area contributed by atoms with Crippen LogP contribution in [0, 0.1) is 12.8 Å². The van der Waals surface area contributed by atoms with Crippen molar-refractivity contribution in [1.29, 1.82) is 0 Å². The molecule has 0 bridgehead atoms. The van der Waals surface area contributed by atoms with Gasteiger partial charge in [-0.1, -0.05) is 29.8 Å². The summed E-state index contributed by atoms with van der Waals surface area (Å²) in [6, 6.07) is 4.13. The second-order valence-electron chi connectivity index (χ2n) is 4.25. The number of nitrogens with one attached hydrogen (secondary N) is 1. The van der Waals surface area contributed by atoms with E-state index in [1.165, 1.54) is 5.56 Å². The molecule has 1 aromatic carbocycles. The first-order valence-electron chi connectivity index (χ1n) is 5.11. The number of rotatable bonds is 0. The summed E-state index contributed by atoms with van der Waals surface area (Å²) in [4.78, 5) is 11.7. The molecule has 0 radical (unpaired) electrons. The second kappa shape index (κ2) is 3.63. The fraction of sp³-hybridized carbons (Fsp3) is 0.417. The Morgan fingerprint density at radius 3 is 2.60 bits per heavy atom. The van der Waals surface area contributed by atoms with Gasteiger partial charge < -0.3 is 5.32 Å². The van der Waals surface area contributed by atoms with Gasteiger partial charge in [-0.2, -0.15) is 0 Å². The standard InChI is InChI=1S/C12H14BrNO/c1-6-4-9(13)5-10-7(2)8(3)12(15)14-11(6)10/h4-5,7-8H,1-3H3,(H,14,15). The molecule has 1 heterocycles. The van der Waals surface area contributed by atoms with Crippen LogP contribution in [0.1, 0.15) is 30.9 Å². The maximum absolute atomic E-state index is 11.7. The topological polar surface area (TPSA) is 29.1 Å². The maximum atomic E-state index is 11.7. The zero-order valence-electron chi connectivity index (χ0n) is 9.10. The highest BCUT2D eigenvalue weighted by atomic mass is 79.9. The molecule has 1 N–H and O–H groups in total. The van der Waals surface area contributed by atoms with Crippen LogP contribution in [-0.2, 0) is 4.79 Å². The van der Waals surface area contributed by atoms with Gasteiger partial charge in [0.2, 0.25) is 5.91 Å². The number of benzene rings is 1. The molecule has 0 fully saturated rings. The molecule has 2 unspecified atom stereocenters. The predicted octanol–water partition coefficient (Wildman–Crippen LogP) is 3.45. The lowest BCUT2D eigenvalue weighted by molar-refractivity contribution is -0.120. The van der Waals surface area contributed by atoms with E-state index in [2.05, 4.69) is 34.2 Å². The Hall–Kier alpha value is -0.830. The van der Waals surface area contributed by atoms with Crippen LogP contribution in [0.3, 0.4) is 0 Å². The number of aryl methyl sites for hydroxylation is 1. The Labute approximate surface area is 98.2 Å². The van der Waals surface area contributed by atoms with E-state index in [9.17, 15) is 4.79 Å². The highest BCUT2D eigenvalue weighted by Crippen LogP contribution is 2.38. The molecule has 0 saturated heterocycles. The molecule has 1 aromatic rings. The molecule has 0 aliphatic carbocycles. The number of hydrogen-bond acceptors (Lipinski definition) is 1. The van der Waals surface area contributed by atoms with Gasteiger partial charge in [-0.15, -0.1) is 0 Å². The summed E-state index contributed by atoms with van der Waals surface area (Å²) in [5.74, 6) is 0.455. The second-order valence-corrected chi connectivity index (χ2v) is 5.17. The van der Waals surface area contributed by atoms with E-state index in [1.54, 1.807) is 0 Å². The van der Waals surface area contributed by atoms with Crippen molar-refractivity contribution in [2.24, 2.45) is 5.92 Å². The zero-order valence-corrected chi connectivity index (χ0v) is 10.7. The molecule has 3 heteroatoms. The largest absolute Gasteiger partial charge is 0.325 e. The van der Waals surface area contributed by atoms with Crippen LogP contribution in [0.4, 0.5) is 5.69 Å². The van der Waals surface area contributed by atoms with E-state index >= 15 is 0 Å². The van der Waals surface area contributed by atoms with Crippen molar-refractivity contribution >= 4 is 27.5 Å². The smallest absolute Gasteiger partial charge is 0.227 e. The van der Waals surface area contributed by atoms with E-state index < -0.39 is 0 Å². The summed E-state index contributed by atoms with van der Waals surface area (Å²) in [5, 5.41) is 2.98. The average molecular weight is 268 g/mol. The van der Waals surface area contributed by atoms with Gasteiger partial charge >= 0.3 is 0 Å². The number of halogens is 1. The minimum Gasteiger partial charge on any atom is -0.325 e. The maximum Gasteiger partial charge on any atom is 0.227 e. The molecular weight excluding hydrogens is 254 g/mol. The third kappa shape index (κ3) is 1.69. The van der Waals surface area contributed by atoms with Crippen molar-refractivity contribution in [3.8, 4) is 0 Å². The predicted molar refractivity (Wildman–Crippen MR) is 65.1 cm³/mol. The summed E-state index contributed by atoms with van der Waals surface area (Å²) in [6.07, 6.45) is 0. The van der Waals surface area contributed by atoms with Crippen molar-refractivity contribution in [3.05, 3.63) is 27.7 Å². The molecule has 0 spiro atoms. The molecule has 1 aliphatic rings.